The Morgan fingerprint density at radius 2 is 2.27 bits per heavy atom. The molecule has 1 aromatic heterocycles. The Bertz CT molecular complexity index is 519. The van der Waals surface area contributed by atoms with Gasteiger partial charge < -0.3 is 15.2 Å². The van der Waals surface area contributed by atoms with Crippen LogP contribution in [-0.2, 0) is 4.79 Å². The highest BCUT2D eigenvalue weighted by atomic mass is 19.4. The van der Waals surface area contributed by atoms with Crippen molar-refractivity contribution in [3.05, 3.63) is 24.0 Å². The van der Waals surface area contributed by atoms with Crippen molar-refractivity contribution in [1.82, 2.24) is 10.3 Å². The molecule has 0 bridgehead atoms. The maximum absolute atomic E-state index is 12.0. The number of hydrogen-bond acceptors (Lipinski definition) is 4. The van der Waals surface area contributed by atoms with E-state index in [9.17, 15) is 18.0 Å². The van der Waals surface area contributed by atoms with Gasteiger partial charge in [0.2, 0.25) is 5.91 Å². The van der Waals surface area contributed by atoms with E-state index >= 15 is 0 Å². The second kappa shape index (κ2) is 6.51. The van der Waals surface area contributed by atoms with Crippen molar-refractivity contribution >= 4 is 5.91 Å². The van der Waals surface area contributed by atoms with Crippen LogP contribution in [0, 0.1) is 11.8 Å². The zero-order valence-electron chi connectivity index (χ0n) is 11.9. The zero-order chi connectivity index (χ0) is 16.3. The van der Waals surface area contributed by atoms with Crippen molar-refractivity contribution in [3.8, 4) is 5.75 Å². The van der Waals surface area contributed by atoms with E-state index in [1.165, 1.54) is 18.3 Å². The monoisotopic (exact) mass is 318 g/mol. The fourth-order valence-electron chi connectivity index (χ4n) is 2.06. The summed E-state index contributed by atoms with van der Waals surface area (Å²) in [5, 5.41) is 11.7. The van der Waals surface area contributed by atoms with Crippen molar-refractivity contribution in [2.24, 2.45) is 11.8 Å². The lowest BCUT2D eigenvalue weighted by molar-refractivity contribution is -0.153. The molecule has 1 aliphatic rings. The van der Waals surface area contributed by atoms with Crippen molar-refractivity contribution in [3.63, 3.8) is 0 Å². The van der Waals surface area contributed by atoms with Crippen molar-refractivity contribution in [2.75, 3.05) is 13.2 Å². The van der Waals surface area contributed by atoms with Gasteiger partial charge in [-0.05, 0) is 31.4 Å². The lowest BCUT2D eigenvalue weighted by Gasteiger charge is -2.14. The summed E-state index contributed by atoms with van der Waals surface area (Å²) in [6, 6.07) is 2.52. The maximum atomic E-state index is 12.0. The van der Waals surface area contributed by atoms with E-state index < -0.39 is 12.8 Å². The zero-order valence-corrected chi connectivity index (χ0v) is 11.9. The molecule has 0 aliphatic heterocycles. The highest BCUT2D eigenvalue weighted by Crippen LogP contribution is 2.38. The topological polar surface area (TPSA) is 71.5 Å². The fourth-order valence-corrected chi connectivity index (χ4v) is 2.06. The molecule has 5 nitrogen and oxygen atoms in total. The second-order valence-corrected chi connectivity index (χ2v) is 5.34. The smallest absolute Gasteiger partial charge is 0.422 e. The summed E-state index contributed by atoms with van der Waals surface area (Å²) in [6.07, 6.45) is -2.53. The average molecular weight is 318 g/mol. The number of aromatic nitrogens is 1. The number of ether oxygens (including phenoxy) is 1. The van der Waals surface area contributed by atoms with Crippen LogP contribution in [-0.4, -0.2) is 35.4 Å². The molecule has 1 heterocycles. The molecule has 0 spiro atoms. The molecule has 0 saturated heterocycles. The minimum absolute atomic E-state index is 0.00401. The van der Waals surface area contributed by atoms with Crippen LogP contribution in [0.25, 0.3) is 0 Å². The number of pyridine rings is 1. The lowest BCUT2D eigenvalue weighted by atomic mass is 10.2. The number of carbonyl (C=O) groups excluding carboxylic acids is 1. The van der Waals surface area contributed by atoms with Crippen LogP contribution >= 0.6 is 0 Å². The van der Waals surface area contributed by atoms with E-state index in [0.29, 0.717) is 12.1 Å². The van der Waals surface area contributed by atoms with Gasteiger partial charge in [0.05, 0.1) is 17.9 Å². The molecule has 2 rings (SSSR count). The van der Waals surface area contributed by atoms with Crippen LogP contribution < -0.4 is 10.1 Å². The van der Waals surface area contributed by atoms with E-state index in [2.05, 4.69) is 15.0 Å². The number of amides is 1. The lowest BCUT2D eigenvalue weighted by Crippen LogP contribution is -2.29. The SMILES string of the molecule is C[C@@H](NC(=O)C1CC1CO)c1ccc(OCC(F)(F)F)cn1. The predicted octanol–water partition coefficient (Wildman–Crippen LogP) is 1.83. The van der Waals surface area contributed by atoms with Crippen molar-refractivity contribution in [2.45, 2.75) is 25.6 Å². The molecule has 2 unspecified atom stereocenters. The van der Waals surface area contributed by atoms with Gasteiger partial charge in [-0.1, -0.05) is 0 Å². The number of halogens is 3. The molecule has 22 heavy (non-hydrogen) atoms. The summed E-state index contributed by atoms with van der Waals surface area (Å²) >= 11 is 0. The quantitative estimate of drug-likeness (QED) is 0.839. The second-order valence-electron chi connectivity index (χ2n) is 5.34. The van der Waals surface area contributed by atoms with Gasteiger partial charge in [0.15, 0.2) is 6.61 Å². The largest absolute Gasteiger partial charge is 0.483 e. The number of aliphatic hydroxyl groups is 1. The molecule has 0 aromatic carbocycles. The number of nitrogens with zero attached hydrogens (tertiary/aromatic N) is 1. The summed E-state index contributed by atoms with van der Waals surface area (Å²) in [7, 11) is 0. The highest BCUT2D eigenvalue weighted by Gasteiger charge is 2.42. The Labute approximate surface area is 125 Å². The molecule has 1 fully saturated rings. The van der Waals surface area contributed by atoms with Crippen LogP contribution in [0.1, 0.15) is 25.1 Å². The van der Waals surface area contributed by atoms with Crippen LogP contribution in [0.3, 0.4) is 0 Å². The van der Waals surface area contributed by atoms with Gasteiger partial charge in [-0.15, -0.1) is 0 Å². The Kier molecular flexibility index (Phi) is 4.90. The van der Waals surface area contributed by atoms with Crippen LogP contribution in [0.2, 0.25) is 0 Å². The van der Waals surface area contributed by atoms with E-state index in [0.717, 1.165) is 0 Å². The van der Waals surface area contributed by atoms with E-state index in [4.69, 9.17) is 5.11 Å². The summed E-state index contributed by atoms with van der Waals surface area (Å²) in [5.74, 6) is -0.270. The Hall–Kier alpha value is -1.83. The number of carbonyl (C=O) groups is 1. The fraction of sp³-hybridized carbons (Fsp3) is 0.571. The standard InChI is InChI=1S/C14H17F3N2O3/c1-8(19-13(21)11-4-9(11)6-20)12-3-2-10(5-18-12)22-7-14(15,16)17/h2-3,5,8-9,11,20H,4,6-7H2,1H3,(H,19,21)/t8-,9?,11?/m1/s1. The Morgan fingerprint density at radius 1 is 1.55 bits per heavy atom. The summed E-state index contributed by atoms with van der Waals surface area (Å²) < 4.78 is 40.6. The number of rotatable bonds is 6. The third-order valence-electron chi connectivity index (χ3n) is 3.46. The van der Waals surface area contributed by atoms with Gasteiger partial charge in [0, 0.05) is 12.5 Å². The van der Waals surface area contributed by atoms with E-state index in [-0.39, 0.29) is 36.1 Å². The van der Waals surface area contributed by atoms with Crippen LogP contribution in [0.15, 0.2) is 18.3 Å². The summed E-state index contributed by atoms with van der Waals surface area (Å²) in [6.45, 7) is 0.354. The van der Waals surface area contributed by atoms with Crippen LogP contribution in [0.5, 0.6) is 5.75 Å². The minimum Gasteiger partial charge on any atom is -0.483 e. The van der Waals surface area contributed by atoms with Crippen molar-refractivity contribution in [1.29, 1.82) is 0 Å². The van der Waals surface area contributed by atoms with Gasteiger partial charge in [0.1, 0.15) is 5.75 Å². The first-order valence-electron chi connectivity index (χ1n) is 6.87. The Morgan fingerprint density at radius 3 is 2.77 bits per heavy atom. The average Bonchev–Trinajstić information content (AvgIpc) is 3.24. The molecule has 3 atom stereocenters. The summed E-state index contributed by atoms with van der Waals surface area (Å²) in [5.41, 5.74) is 0.522. The molecule has 1 saturated carbocycles. The van der Waals surface area contributed by atoms with Gasteiger partial charge in [-0.3, -0.25) is 9.78 Å². The molecule has 8 heteroatoms. The molecule has 122 valence electrons. The van der Waals surface area contributed by atoms with E-state index in [1.807, 2.05) is 0 Å². The maximum Gasteiger partial charge on any atom is 0.422 e. The van der Waals surface area contributed by atoms with Crippen molar-refractivity contribution < 1.29 is 27.8 Å². The number of alkyl halides is 3. The minimum atomic E-state index is -4.40. The third kappa shape index (κ3) is 4.59. The first kappa shape index (κ1) is 16.5. The van der Waals surface area contributed by atoms with Gasteiger partial charge in [-0.2, -0.15) is 13.2 Å². The van der Waals surface area contributed by atoms with Gasteiger partial charge in [0.25, 0.3) is 0 Å². The predicted molar refractivity (Wildman–Crippen MR) is 71.0 cm³/mol. The molecular formula is C14H17F3N2O3. The van der Waals surface area contributed by atoms with Gasteiger partial charge >= 0.3 is 6.18 Å². The van der Waals surface area contributed by atoms with E-state index in [1.54, 1.807) is 6.92 Å². The molecular weight excluding hydrogens is 301 g/mol. The molecule has 2 N–H and O–H groups in total. The normalized spacial score (nSPS) is 22.0. The first-order valence-corrected chi connectivity index (χ1v) is 6.87. The van der Waals surface area contributed by atoms with Crippen LogP contribution in [0.4, 0.5) is 13.2 Å². The number of hydrogen-bond donors (Lipinski definition) is 2. The Balaban J connectivity index is 1.85. The first-order chi connectivity index (χ1) is 10.3. The summed E-state index contributed by atoms with van der Waals surface area (Å²) in [4.78, 5) is 15.8. The molecule has 0 radical (unpaired) electrons. The molecule has 1 aliphatic carbocycles. The number of nitrogens with one attached hydrogen (secondary N) is 1. The third-order valence-corrected chi connectivity index (χ3v) is 3.46. The molecule has 1 aromatic rings. The number of aliphatic hydroxyl groups excluding tert-OH is 1. The molecule has 1 amide bonds. The van der Waals surface area contributed by atoms with Gasteiger partial charge in [-0.25, -0.2) is 0 Å². The highest BCUT2D eigenvalue weighted by molar-refractivity contribution is 5.81.